The fourth-order valence-electron chi connectivity index (χ4n) is 5.00. The number of hydrogen-bond acceptors (Lipinski definition) is 6. The average Bonchev–Trinajstić information content (AvgIpc) is 3.18. The van der Waals surface area contributed by atoms with E-state index in [9.17, 15) is 23.1 Å². The number of nitrogens with two attached hydrogens (primary N) is 1. The Bertz CT molecular complexity index is 1180. The molecular formula is C28H42N4O5S. The van der Waals surface area contributed by atoms with Crippen molar-refractivity contribution in [2.75, 3.05) is 25.9 Å². The molecule has 38 heavy (non-hydrogen) atoms. The molecule has 1 saturated carbocycles. The maximum Gasteiger partial charge on any atom is 0.243 e. The van der Waals surface area contributed by atoms with Crippen LogP contribution in [0.5, 0.6) is 0 Å². The number of aliphatic hydroxyl groups is 1. The molecule has 3 atom stereocenters. The van der Waals surface area contributed by atoms with Crippen LogP contribution in [0.4, 0.5) is 0 Å². The predicted octanol–water partition coefficient (Wildman–Crippen LogP) is 1.92. The van der Waals surface area contributed by atoms with Crippen LogP contribution in [0, 0.1) is 5.92 Å². The van der Waals surface area contributed by atoms with Crippen molar-refractivity contribution in [3.8, 4) is 0 Å². The standard InChI is InChI=1S/C28H42N4O5S/c1-20(19-32(38(2,36)37)24-11-5-3-4-6-12-24)27(34)31-26(28(35)30-18-25(33)17-29)16-21-13-14-22-9-7-8-10-23(22)15-21/h7-10,13-15,20,24-26,33H,3-6,11-12,16-19,29H2,1-2H3,(H,30,35)(H,31,34)/t20-,25?,26?/m1/s1. The monoisotopic (exact) mass is 546 g/mol. The summed E-state index contributed by atoms with van der Waals surface area (Å²) in [6.45, 7) is 1.72. The fourth-order valence-corrected chi connectivity index (χ4v) is 6.25. The highest BCUT2D eigenvalue weighted by atomic mass is 32.2. The first-order valence-corrected chi connectivity index (χ1v) is 15.3. The molecule has 3 rings (SSSR count). The number of fused-ring (bicyclic) bond motifs is 1. The Morgan fingerprint density at radius 3 is 2.34 bits per heavy atom. The lowest BCUT2D eigenvalue weighted by Gasteiger charge is -2.31. The van der Waals surface area contributed by atoms with Crippen molar-refractivity contribution in [3.05, 3.63) is 48.0 Å². The summed E-state index contributed by atoms with van der Waals surface area (Å²) < 4.78 is 26.8. The third kappa shape index (κ3) is 8.76. The number of carbonyl (C=O) groups excluding carboxylic acids is 2. The van der Waals surface area contributed by atoms with Crippen molar-refractivity contribution < 1.29 is 23.1 Å². The summed E-state index contributed by atoms with van der Waals surface area (Å²) in [6, 6.07) is 12.7. The lowest BCUT2D eigenvalue weighted by molar-refractivity contribution is -0.131. The molecule has 2 aromatic carbocycles. The minimum atomic E-state index is -3.51. The topological polar surface area (TPSA) is 142 Å². The second-order valence-electron chi connectivity index (χ2n) is 10.5. The van der Waals surface area contributed by atoms with E-state index in [4.69, 9.17) is 5.73 Å². The summed E-state index contributed by atoms with van der Waals surface area (Å²) in [5.74, 6) is -1.49. The number of nitrogens with zero attached hydrogens (tertiary/aromatic N) is 1. The molecule has 210 valence electrons. The van der Waals surface area contributed by atoms with Gasteiger partial charge in [0.15, 0.2) is 0 Å². The molecule has 1 aliphatic rings. The molecule has 1 aliphatic carbocycles. The Balaban J connectivity index is 1.75. The Labute approximate surface area is 226 Å². The predicted molar refractivity (Wildman–Crippen MR) is 150 cm³/mol. The van der Waals surface area contributed by atoms with Crippen LogP contribution < -0.4 is 16.4 Å². The van der Waals surface area contributed by atoms with Gasteiger partial charge in [0, 0.05) is 38.0 Å². The Kier molecular flexibility index (Phi) is 11.1. The Morgan fingerprint density at radius 2 is 1.71 bits per heavy atom. The Hall–Kier alpha value is -2.53. The first kappa shape index (κ1) is 30.0. The summed E-state index contributed by atoms with van der Waals surface area (Å²) in [5, 5.41) is 17.4. The minimum Gasteiger partial charge on any atom is -0.390 e. The number of aliphatic hydroxyl groups excluding tert-OH is 1. The van der Waals surface area contributed by atoms with Gasteiger partial charge < -0.3 is 21.5 Å². The van der Waals surface area contributed by atoms with E-state index in [2.05, 4.69) is 10.6 Å². The van der Waals surface area contributed by atoms with E-state index in [-0.39, 0.29) is 32.1 Å². The fraction of sp³-hybridized carbons (Fsp3) is 0.571. The van der Waals surface area contributed by atoms with E-state index in [1.165, 1.54) is 10.6 Å². The number of carbonyl (C=O) groups is 2. The van der Waals surface area contributed by atoms with Gasteiger partial charge in [-0.3, -0.25) is 9.59 Å². The van der Waals surface area contributed by atoms with E-state index in [0.717, 1.165) is 54.9 Å². The molecule has 0 aliphatic heterocycles. The van der Waals surface area contributed by atoms with Crippen LogP contribution in [0.25, 0.3) is 10.8 Å². The van der Waals surface area contributed by atoms with Gasteiger partial charge in [0.25, 0.3) is 0 Å². The van der Waals surface area contributed by atoms with Crippen molar-refractivity contribution in [2.24, 2.45) is 11.7 Å². The summed E-state index contributed by atoms with van der Waals surface area (Å²) in [4.78, 5) is 26.4. The van der Waals surface area contributed by atoms with E-state index >= 15 is 0 Å². The largest absolute Gasteiger partial charge is 0.390 e. The van der Waals surface area contributed by atoms with Crippen LogP contribution in [-0.4, -0.2) is 73.7 Å². The van der Waals surface area contributed by atoms with Gasteiger partial charge in [-0.1, -0.05) is 75.1 Å². The van der Waals surface area contributed by atoms with Crippen molar-refractivity contribution in [2.45, 2.75) is 70.1 Å². The van der Waals surface area contributed by atoms with Crippen LogP contribution in [-0.2, 0) is 26.0 Å². The summed E-state index contributed by atoms with van der Waals surface area (Å²) in [7, 11) is -3.51. The molecule has 10 heteroatoms. The van der Waals surface area contributed by atoms with Gasteiger partial charge >= 0.3 is 0 Å². The van der Waals surface area contributed by atoms with Gasteiger partial charge in [-0.2, -0.15) is 4.31 Å². The van der Waals surface area contributed by atoms with Crippen LogP contribution >= 0.6 is 0 Å². The summed E-state index contributed by atoms with van der Waals surface area (Å²) in [5.41, 5.74) is 6.33. The Morgan fingerprint density at radius 1 is 1.05 bits per heavy atom. The number of benzene rings is 2. The number of hydrogen-bond donors (Lipinski definition) is 4. The minimum absolute atomic E-state index is 0.00150. The quantitative estimate of drug-likeness (QED) is 0.300. The maximum atomic E-state index is 13.3. The molecule has 1 fully saturated rings. The van der Waals surface area contributed by atoms with Gasteiger partial charge in [0.1, 0.15) is 6.04 Å². The van der Waals surface area contributed by atoms with Gasteiger partial charge in [0.2, 0.25) is 21.8 Å². The summed E-state index contributed by atoms with van der Waals surface area (Å²) >= 11 is 0. The van der Waals surface area contributed by atoms with E-state index in [1.807, 2.05) is 42.5 Å². The maximum absolute atomic E-state index is 13.3. The van der Waals surface area contributed by atoms with Crippen molar-refractivity contribution in [1.82, 2.24) is 14.9 Å². The van der Waals surface area contributed by atoms with Gasteiger partial charge in [-0.05, 0) is 29.2 Å². The molecule has 2 amide bonds. The molecule has 0 heterocycles. The molecule has 0 bridgehead atoms. The SMILES string of the molecule is C[C@H](CN(C1CCCCCC1)S(C)(=O)=O)C(=O)NC(Cc1ccc2ccccc2c1)C(=O)NCC(O)CN. The molecule has 9 nitrogen and oxygen atoms in total. The zero-order valence-corrected chi connectivity index (χ0v) is 23.3. The van der Waals surface area contributed by atoms with Gasteiger partial charge in [-0.15, -0.1) is 0 Å². The number of amides is 2. The van der Waals surface area contributed by atoms with Crippen LogP contribution in [0.1, 0.15) is 51.0 Å². The number of nitrogens with one attached hydrogen (secondary N) is 2. The molecular weight excluding hydrogens is 504 g/mol. The highest BCUT2D eigenvalue weighted by molar-refractivity contribution is 7.88. The van der Waals surface area contributed by atoms with Crippen molar-refractivity contribution in [3.63, 3.8) is 0 Å². The van der Waals surface area contributed by atoms with Gasteiger partial charge in [-0.25, -0.2) is 8.42 Å². The van der Waals surface area contributed by atoms with Crippen LogP contribution in [0.3, 0.4) is 0 Å². The third-order valence-electron chi connectivity index (χ3n) is 7.23. The first-order valence-electron chi connectivity index (χ1n) is 13.5. The molecule has 5 N–H and O–H groups in total. The first-order chi connectivity index (χ1) is 18.1. The second-order valence-corrected chi connectivity index (χ2v) is 12.4. The second kappa shape index (κ2) is 14.0. The average molecular weight is 547 g/mol. The number of rotatable bonds is 12. The normalized spacial score (nSPS) is 17.5. The van der Waals surface area contributed by atoms with E-state index in [0.29, 0.717) is 0 Å². The van der Waals surface area contributed by atoms with Crippen molar-refractivity contribution in [1.29, 1.82) is 0 Å². The molecule has 0 radical (unpaired) electrons. The van der Waals surface area contributed by atoms with Crippen molar-refractivity contribution >= 4 is 32.6 Å². The highest BCUT2D eigenvalue weighted by Gasteiger charge is 2.32. The zero-order valence-electron chi connectivity index (χ0n) is 22.4. The molecule has 0 saturated heterocycles. The number of sulfonamides is 1. The zero-order chi connectivity index (χ0) is 27.7. The highest BCUT2D eigenvalue weighted by Crippen LogP contribution is 2.25. The smallest absolute Gasteiger partial charge is 0.243 e. The molecule has 0 aromatic heterocycles. The molecule has 0 spiro atoms. The summed E-state index contributed by atoms with van der Waals surface area (Å²) in [6.07, 6.45) is 6.25. The lowest BCUT2D eigenvalue weighted by atomic mass is 10.00. The molecule has 2 unspecified atom stereocenters. The van der Waals surface area contributed by atoms with E-state index < -0.39 is 39.9 Å². The lowest BCUT2D eigenvalue weighted by Crippen LogP contribution is -2.52. The van der Waals surface area contributed by atoms with Crippen LogP contribution in [0.2, 0.25) is 0 Å². The van der Waals surface area contributed by atoms with E-state index in [1.54, 1.807) is 6.92 Å². The van der Waals surface area contributed by atoms with Crippen LogP contribution in [0.15, 0.2) is 42.5 Å². The molecule has 2 aromatic rings. The third-order valence-corrected chi connectivity index (χ3v) is 8.53. The van der Waals surface area contributed by atoms with Gasteiger partial charge in [0.05, 0.1) is 12.4 Å².